The molecule has 31 heavy (non-hydrogen) atoms. The number of carbonyl (C=O) groups excluding carboxylic acids is 1. The number of nitrogens with zero attached hydrogens (tertiary/aromatic N) is 2. The first-order chi connectivity index (χ1) is 15.0. The molecular formula is C24H27FN4OS. The highest BCUT2D eigenvalue weighted by molar-refractivity contribution is 7.21. The minimum atomic E-state index is -0.209. The third-order valence-corrected chi connectivity index (χ3v) is 7.71. The number of carbonyl (C=O) groups is 1. The first-order valence-electron chi connectivity index (χ1n) is 10.9. The number of nitrogens with two attached hydrogens (primary N) is 1. The Morgan fingerprint density at radius 2 is 2.03 bits per heavy atom. The van der Waals surface area contributed by atoms with Gasteiger partial charge < -0.3 is 16.0 Å². The molecule has 3 N–H and O–H groups in total. The fourth-order valence-corrected chi connectivity index (χ4v) is 6.08. The van der Waals surface area contributed by atoms with Crippen LogP contribution in [-0.4, -0.2) is 30.5 Å². The summed E-state index contributed by atoms with van der Waals surface area (Å²) in [6.07, 6.45) is 4.42. The molecule has 2 aliphatic rings. The quantitative estimate of drug-likeness (QED) is 0.614. The van der Waals surface area contributed by atoms with E-state index in [1.54, 1.807) is 6.07 Å². The maximum absolute atomic E-state index is 14.8. The number of nitrogens with one attached hydrogen (secondary N) is 1. The molecule has 0 radical (unpaired) electrons. The van der Waals surface area contributed by atoms with Crippen molar-refractivity contribution in [1.29, 1.82) is 0 Å². The van der Waals surface area contributed by atoms with Crippen LogP contribution in [0.15, 0.2) is 30.3 Å². The van der Waals surface area contributed by atoms with Crippen molar-refractivity contribution in [2.45, 2.75) is 32.6 Å². The van der Waals surface area contributed by atoms with Gasteiger partial charge in [-0.25, -0.2) is 9.37 Å². The summed E-state index contributed by atoms with van der Waals surface area (Å²) >= 11 is 1.30. The molecule has 1 aliphatic carbocycles. The number of pyridine rings is 1. The Kier molecular flexibility index (Phi) is 5.30. The molecule has 1 saturated carbocycles. The van der Waals surface area contributed by atoms with Gasteiger partial charge in [-0.3, -0.25) is 4.79 Å². The molecule has 0 spiro atoms. The molecule has 1 amide bonds. The fourth-order valence-electron chi connectivity index (χ4n) is 5.03. The average molecular weight is 439 g/mol. The molecule has 5 rings (SSSR count). The highest BCUT2D eigenvalue weighted by atomic mass is 32.1. The van der Waals surface area contributed by atoms with Gasteiger partial charge >= 0.3 is 0 Å². The lowest BCUT2D eigenvalue weighted by Crippen LogP contribution is -2.36. The number of hydrogen-bond donors (Lipinski definition) is 2. The largest absolute Gasteiger partial charge is 0.397 e. The Labute approximate surface area is 185 Å². The van der Waals surface area contributed by atoms with E-state index in [2.05, 4.69) is 15.2 Å². The Balaban J connectivity index is 1.21. The number of anilines is 2. The summed E-state index contributed by atoms with van der Waals surface area (Å²) < 4.78 is 14.8. The van der Waals surface area contributed by atoms with Gasteiger partial charge in [0, 0.05) is 30.7 Å². The van der Waals surface area contributed by atoms with Crippen molar-refractivity contribution in [1.82, 2.24) is 10.3 Å². The molecular weight excluding hydrogens is 411 g/mol. The summed E-state index contributed by atoms with van der Waals surface area (Å²) in [5, 5.41) is 3.72. The van der Waals surface area contributed by atoms with Gasteiger partial charge in [-0.15, -0.1) is 11.3 Å². The Morgan fingerprint density at radius 3 is 2.77 bits per heavy atom. The lowest BCUT2D eigenvalue weighted by Gasteiger charge is -2.34. The molecule has 2 atom stereocenters. The summed E-state index contributed by atoms with van der Waals surface area (Å²) in [7, 11) is 0. The lowest BCUT2D eigenvalue weighted by atomic mass is 9.98. The number of piperidine rings is 1. The molecule has 2 bridgehead atoms. The van der Waals surface area contributed by atoms with Crippen LogP contribution in [-0.2, 0) is 6.42 Å². The van der Waals surface area contributed by atoms with Crippen molar-refractivity contribution in [3.8, 4) is 0 Å². The molecule has 2 unspecified atom stereocenters. The van der Waals surface area contributed by atoms with Gasteiger partial charge in [-0.1, -0.05) is 6.07 Å². The highest BCUT2D eigenvalue weighted by Crippen LogP contribution is 2.39. The highest BCUT2D eigenvalue weighted by Gasteiger charge is 2.33. The van der Waals surface area contributed by atoms with E-state index >= 15 is 0 Å². The van der Waals surface area contributed by atoms with Crippen molar-refractivity contribution >= 4 is 38.8 Å². The Bertz CT molecular complexity index is 1130. The number of halogens is 1. The maximum Gasteiger partial charge on any atom is 0.263 e. The summed E-state index contributed by atoms with van der Waals surface area (Å²) in [5.41, 5.74) is 9.11. The number of hydrogen-bond acceptors (Lipinski definition) is 5. The van der Waals surface area contributed by atoms with E-state index in [-0.39, 0.29) is 11.7 Å². The molecule has 162 valence electrons. The van der Waals surface area contributed by atoms with Crippen LogP contribution < -0.4 is 16.0 Å². The summed E-state index contributed by atoms with van der Waals surface area (Å²) in [6, 6.07) is 9.27. The molecule has 5 nitrogen and oxygen atoms in total. The van der Waals surface area contributed by atoms with Crippen LogP contribution in [0.3, 0.4) is 0 Å². The molecule has 3 aromatic rings. The van der Waals surface area contributed by atoms with Crippen LogP contribution in [0, 0.1) is 24.6 Å². The van der Waals surface area contributed by atoms with E-state index < -0.39 is 0 Å². The number of amides is 1. The van der Waals surface area contributed by atoms with Gasteiger partial charge in [-0.05, 0) is 74.3 Å². The minimum absolute atomic E-state index is 0.166. The van der Waals surface area contributed by atoms with Gasteiger partial charge in [0.1, 0.15) is 15.5 Å². The topological polar surface area (TPSA) is 71.2 Å². The van der Waals surface area contributed by atoms with Gasteiger partial charge in [-0.2, -0.15) is 0 Å². The zero-order valence-electron chi connectivity index (χ0n) is 17.7. The van der Waals surface area contributed by atoms with Gasteiger partial charge in [0.15, 0.2) is 0 Å². The van der Waals surface area contributed by atoms with Gasteiger partial charge in [0.25, 0.3) is 5.91 Å². The summed E-state index contributed by atoms with van der Waals surface area (Å²) in [4.78, 5) is 20.5. The standard InChI is InChI=1S/C24H27FN4OS/c1-14-2-6-18-21(26)22(31-24(18)28-14)23(30)27-9-8-15-5-7-20(19(25)11-15)29-12-16-3-4-17(10-16)13-29/h2,5-7,11,16-17H,3-4,8-10,12-13,26H2,1H3,(H,27,30). The van der Waals surface area contributed by atoms with Crippen LogP contribution in [0.2, 0.25) is 0 Å². The van der Waals surface area contributed by atoms with Crippen LogP contribution in [0.5, 0.6) is 0 Å². The first kappa shape index (κ1) is 20.2. The number of nitrogen functional groups attached to an aromatic ring is 1. The van der Waals surface area contributed by atoms with Crippen LogP contribution >= 0.6 is 11.3 Å². The second-order valence-corrected chi connectivity index (χ2v) is 9.89. The molecule has 2 aromatic heterocycles. The molecule has 3 heterocycles. The number of benzene rings is 1. The second kappa shape index (κ2) is 8.11. The van der Waals surface area contributed by atoms with E-state index in [0.29, 0.717) is 41.1 Å². The molecule has 1 aliphatic heterocycles. The monoisotopic (exact) mass is 438 g/mol. The van der Waals surface area contributed by atoms with Crippen molar-refractivity contribution < 1.29 is 9.18 Å². The smallest absolute Gasteiger partial charge is 0.263 e. The van der Waals surface area contributed by atoms with E-state index in [0.717, 1.165) is 34.6 Å². The zero-order chi connectivity index (χ0) is 21.5. The number of thiophene rings is 1. The zero-order valence-corrected chi connectivity index (χ0v) is 18.5. The summed E-state index contributed by atoms with van der Waals surface area (Å²) in [5.74, 6) is 1.06. The number of fused-ring (bicyclic) bond motifs is 3. The third kappa shape index (κ3) is 3.99. The average Bonchev–Trinajstić information content (AvgIpc) is 3.26. The van der Waals surface area contributed by atoms with Crippen molar-refractivity contribution in [2.24, 2.45) is 11.8 Å². The predicted molar refractivity (Wildman–Crippen MR) is 124 cm³/mol. The minimum Gasteiger partial charge on any atom is -0.397 e. The van der Waals surface area contributed by atoms with Gasteiger partial charge in [0.2, 0.25) is 0 Å². The fraction of sp³-hybridized carbons (Fsp3) is 0.417. The second-order valence-electron chi connectivity index (χ2n) is 8.89. The van der Waals surface area contributed by atoms with E-state index in [4.69, 9.17) is 5.73 Å². The molecule has 7 heteroatoms. The number of aromatic nitrogens is 1. The van der Waals surface area contributed by atoms with Crippen molar-refractivity contribution in [2.75, 3.05) is 30.3 Å². The van der Waals surface area contributed by atoms with Crippen LogP contribution in [0.4, 0.5) is 15.8 Å². The number of aryl methyl sites for hydroxylation is 1. The van der Waals surface area contributed by atoms with Crippen molar-refractivity contribution in [3.05, 3.63) is 52.3 Å². The van der Waals surface area contributed by atoms with Crippen molar-refractivity contribution in [3.63, 3.8) is 0 Å². The molecule has 2 fully saturated rings. The van der Waals surface area contributed by atoms with Gasteiger partial charge in [0.05, 0.1) is 11.4 Å². The Hall–Kier alpha value is -2.67. The van der Waals surface area contributed by atoms with E-state index in [1.807, 2.05) is 31.2 Å². The van der Waals surface area contributed by atoms with E-state index in [9.17, 15) is 9.18 Å². The predicted octanol–water partition coefficient (Wildman–Crippen LogP) is 4.53. The van der Waals surface area contributed by atoms with Crippen LogP contribution in [0.1, 0.15) is 40.2 Å². The van der Waals surface area contributed by atoms with Crippen LogP contribution in [0.25, 0.3) is 10.2 Å². The SMILES string of the molecule is Cc1ccc2c(N)c(C(=O)NCCc3ccc(N4CC5CCC(C5)C4)c(F)c3)sc2n1. The van der Waals surface area contributed by atoms with E-state index in [1.165, 1.54) is 30.6 Å². The molecule has 1 saturated heterocycles. The number of rotatable bonds is 5. The third-order valence-electron chi connectivity index (χ3n) is 6.60. The lowest BCUT2D eigenvalue weighted by molar-refractivity contribution is 0.0959. The first-order valence-corrected chi connectivity index (χ1v) is 11.8. The Morgan fingerprint density at radius 1 is 1.26 bits per heavy atom. The maximum atomic E-state index is 14.8. The normalized spacial score (nSPS) is 20.4. The molecule has 1 aromatic carbocycles. The summed E-state index contributed by atoms with van der Waals surface area (Å²) in [6.45, 7) is 4.27.